The molecule has 3 nitrogen and oxygen atoms in total. The fourth-order valence-corrected chi connectivity index (χ4v) is 1.92. The number of nitrogens with zero attached hydrogens (tertiary/aromatic N) is 1. The fourth-order valence-electron chi connectivity index (χ4n) is 1.92. The third-order valence-electron chi connectivity index (χ3n) is 2.94. The van der Waals surface area contributed by atoms with E-state index < -0.39 is 0 Å². The molecule has 96 valence electrons. The van der Waals surface area contributed by atoms with Gasteiger partial charge in [-0.2, -0.15) is 5.26 Å². The predicted molar refractivity (Wildman–Crippen MR) is 76.2 cm³/mol. The van der Waals surface area contributed by atoms with Gasteiger partial charge in [0, 0.05) is 5.69 Å². The van der Waals surface area contributed by atoms with Crippen LogP contribution in [-0.2, 0) is 6.42 Å². The third kappa shape index (κ3) is 3.05. The number of hydrogen-bond donors (Lipinski definition) is 1. The second-order valence-electron chi connectivity index (χ2n) is 4.57. The van der Waals surface area contributed by atoms with E-state index in [0.717, 1.165) is 16.9 Å². The van der Waals surface area contributed by atoms with Crippen LogP contribution in [0.5, 0.6) is 11.5 Å². The van der Waals surface area contributed by atoms with Crippen LogP contribution < -0.4 is 10.5 Å². The summed E-state index contributed by atoms with van der Waals surface area (Å²) in [6, 6.07) is 13.5. The van der Waals surface area contributed by atoms with Gasteiger partial charge >= 0.3 is 0 Å². The monoisotopic (exact) mass is 252 g/mol. The lowest BCUT2D eigenvalue weighted by molar-refractivity contribution is 0.478. The van der Waals surface area contributed by atoms with Gasteiger partial charge in [0.2, 0.25) is 0 Å². The Kier molecular flexibility index (Phi) is 3.72. The molecule has 2 aromatic rings. The Bertz CT molecular complexity index is 642. The smallest absolute Gasteiger partial charge is 0.130 e. The number of aryl methyl sites for hydroxylation is 2. The van der Waals surface area contributed by atoms with E-state index in [9.17, 15) is 0 Å². The average Bonchev–Trinajstić information content (AvgIpc) is 2.37. The summed E-state index contributed by atoms with van der Waals surface area (Å²) in [6.45, 7) is 4.06. The first kappa shape index (κ1) is 13.0. The number of nitrogen functional groups attached to an aromatic ring is 1. The Morgan fingerprint density at radius 2 is 1.95 bits per heavy atom. The van der Waals surface area contributed by atoms with Crippen molar-refractivity contribution < 1.29 is 4.74 Å². The van der Waals surface area contributed by atoms with Gasteiger partial charge in [0.1, 0.15) is 11.5 Å². The molecule has 0 fully saturated rings. The normalized spacial score (nSPS) is 9.95. The molecule has 0 amide bonds. The van der Waals surface area contributed by atoms with Gasteiger partial charge in [-0.1, -0.05) is 17.7 Å². The molecule has 0 spiro atoms. The van der Waals surface area contributed by atoms with Crippen molar-refractivity contribution in [2.75, 3.05) is 5.73 Å². The molecular formula is C16H16N2O. The van der Waals surface area contributed by atoms with Gasteiger partial charge in [0.05, 0.1) is 12.5 Å². The minimum Gasteiger partial charge on any atom is -0.457 e. The van der Waals surface area contributed by atoms with Gasteiger partial charge in [-0.3, -0.25) is 0 Å². The zero-order valence-corrected chi connectivity index (χ0v) is 11.1. The lowest BCUT2D eigenvalue weighted by atomic mass is 10.1. The molecule has 0 aliphatic carbocycles. The topological polar surface area (TPSA) is 59.0 Å². The molecule has 2 N–H and O–H groups in total. The summed E-state index contributed by atoms with van der Waals surface area (Å²) >= 11 is 0. The first-order valence-corrected chi connectivity index (χ1v) is 6.10. The first-order valence-electron chi connectivity index (χ1n) is 6.10. The summed E-state index contributed by atoms with van der Waals surface area (Å²) in [5.41, 5.74) is 9.51. The molecule has 0 atom stereocenters. The van der Waals surface area contributed by atoms with Crippen molar-refractivity contribution in [1.82, 2.24) is 0 Å². The largest absolute Gasteiger partial charge is 0.457 e. The zero-order chi connectivity index (χ0) is 13.8. The molecule has 2 aromatic carbocycles. The number of rotatable bonds is 3. The maximum atomic E-state index is 8.75. The van der Waals surface area contributed by atoms with E-state index >= 15 is 0 Å². The molecule has 0 aliphatic rings. The lowest BCUT2D eigenvalue weighted by Crippen LogP contribution is -1.95. The highest BCUT2D eigenvalue weighted by molar-refractivity contribution is 5.52. The molecule has 0 aliphatic heterocycles. The van der Waals surface area contributed by atoms with Gasteiger partial charge in [-0.05, 0) is 49.2 Å². The third-order valence-corrected chi connectivity index (χ3v) is 2.94. The van der Waals surface area contributed by atoms with Crippen LogP contribution in [0.4, 0.5) is 5.69 Å². The number of nitriles is 1. The predicted octanol–water partition coefficient (Wildman–Crippen LogP) is 3.74. The van der Waals surface area contributed by atoms with Gasteiger partial charge in [0.25, 0.3) is 0 Å². The van der Waals surface area contributed by atoms with Gasteiger partial charge in [-0.15, -0.1) is 0 Å². The second kappa shape index (κ2) is 5.45. The molecule has 0 unspecified atom stereocenters. The first-order chi connectivity index (χ1) is 9.10. The highest BCUT2D eigenvalue weighted by atomic mass is 16.5. The van der Waals surface area contributed by atoms with Crippen molar-refractivity contribution in [2.24, 2.45) is 0 Å². The van der Waals surface area contributed by atoms with Gasteiger partial charge in [-0.25, -0.2) is 0 Å². The molecule has 0 radical (unpaired) electrons. The molecule has 2 rings (SSSR count). The van der Waals surface area contributed by atoms with E-state index in [1.807, 2.05) is 38.1 Å². The number of nitrogens with two attached hydrogens (primary N) is 1. The molecule has 3 heteroatoms. The van der Waals surface area contributed by atoms with Crippen molar-refractivity contribution in [3.8, 4) is 17.6 Å². The fraction of sp³-hybridized carbons (Fsp3) is 0.188. The van der Waals surface area contributed by atoms with Crippen LogP contribution in [0.25, 0.3) is 0 Å². The van der Waals surface area contributed by atoms with Crippen LogP contribution in [0, 0.1) is 25.2 Å². The lowest BCUT2D eigenvalue weighted by Gasteiger charge is -2.11. The van der Waals surface area contributed by atoms with Crippen molar-refractivity contribution >= 4 is 5.69 Å². The van der Waals surface area contributed by atoms with Crippen molar-refractivity contribution in [3.05, 3.63) is 53.1 Å². The summed E-state index contributed by atoms with van der Waals surface area (Å²) in [4.78, 5) is 0. The van der Waals surface area contributed by atoms with Crippen molar-refractivity contribution in [2.45, 2.75) is 20.3 Å². The minimum absolute atomic E-state index is 0.288. The standard InChI is InChI=1S/C16H16N2O/c1-11-3-6-16(12(2)9-11)19-14-4-5-15(18)13(10-14)7-8-17/h3-6,9-10H,7,18H2,1-2H3. The summed E-state index contributed by atoms with van der Waals surface area (Å²) in [5.74, 6) is 1.52. The summed E-state index contributed by atoms with van der Waals surface area (Å²) in [5, 5.41) is 8.75. The van der Waals surface area contributed by atoms with Gasteiger partial charge in [0.15, 0.2) is 0 Å². The van der Waals surface area contributed by atoms with Crippen LogP contribution in [0.15, 0.2) is 36.4 Å². The van der Waals surface area contributed by atoms with Crippen molar-refractivity contribution in [1.29, 1.82) is 5.26 Å². The highest BCUT2D eigenvalue weighted by Gasteiger charge is 2.05. The van der Waals surface area contributed by atoms with Gasteiger partial charge < -0.3 is 10.5 Å². The Balaban J connectivity index is 2.28. The number of hydrogen-bond acceptors (Lipinski definition) is 3. The quantitative estimate of drug-likeness (QED) is 0.846. The molecular weight excluding hydrogens is 236 g/mol. The maximum Gasteiger partial charge on any atom is 0.130 e. The Morgan fingerprint density at radius 1 is 1.16 bits per heavy atom. The van der Waals surface area contributed by atoms with E-state index in [1.165, 1.54) is 5.56 Å². The average molecular weight is 252 g/mol. The van der Waals surface area contributed by atoms with E-state index in [0.29, 0.717) is 11.4 Å². The minimum atomic E-state index is 0.288. The summed E-state index contributed by atoms with van der Waals surface area (Å²) < 4.78 is 5.84. The van der Waals surface area contributed by atoms with E-state index in [-0.39, 0.29) is 6.42 Å². The molecule has 0 heterocycles. The maximum absolute atomic E-state index is 8.75. The Labute approximate surface area is 113 Å². The Hall–Kier alpha value is -2.47. The van der Waals surface area contributed by atoms with Crippen molar-refractivity contribution in [3.63, 3.8) is 0 Å². The molecule has 0 saturated heterocycles. The molecule has 19 heavy (non-hydrogen) atoms. The molecule has 0 saturated carbocycles. The zero-order valence-electron chi connectivity index (χ0n) is 11.1. The van der Waals surface area contributed by atoms with E-state index in [1.54, 1.807) is 6.07 Å². The summed E-state index contributed by atoms with van der Waals surface area (Å²) in [6.07, 6.45) is 0.288. The van der Waals surface area contributed by atoms with Crippen LogP contribution in [0.2, 0.25) is 0 Å². The number of benzene rings is 2. The molecule has 0 bridgehead atoms. The molecule has 0 aromatic heterocycles. The SMILES string of the molecule is Cc1ccc(Oc2ccc(N)c(CC#N)c2)c(C)c1. The Morgan fingerprint density at radius 3 is 2.63 bits per heavy atom. The number of ether oxygens (including phenoxy) is 1. The van der Waals surface area contributed by atoms with Crippen LogP contribution in [-0.4, -0.2) is 0 Å². The van der Waals surface area contributed by atoms with E-state index in [2.05, 4.69) is 12.1 Å². The van der Waals surface area contributed by atoms with E-state index in [4.69, 9.17) is 15.7 Å². The highest BCUT2D eigenvalue weighted by Crippen LogP contribution is 2.28. The summed E-state index contributed by atoms with van der Waals surface area (Å²) in [7, 11) is 0. The van der Waals surface area contributed by atoms with Crippen LogP contribution >= 0.6 is 0 Å². The van der Waals surface area contributed by atoms with Crippen LogP contribution in [0.3, 0.4) is 0 Å². The van der Waals surface area contributed by atoms with Crippen LogP contribution in [0.1, 0.15) is 16.7 Å². The second-order valence-corrected chi connectivity index (χ2v) is 4.57. The number of anilines is 1.